The molecule has 1 fully saturated rings. The van der Waals surface area contributed by atoms with E-state index in [-0.39, 0.29) is 17.4 Å². The number of nitrogens with zero attached hydrogens (tertiary/aromatic N) is 1. The van der Waals surface area contributed by atoms with Gasteiger partial charge < -0.3 is 14.8 Å². The highest BCUT2D eigenvalue weighted by atomic mass is 16.5. The van der Waals surface area contributed by atoms with E-state index in [9.17, 15) is 10.1 Å². The standard InChI is InChI=1S/C17H22N2O3/c1-17(2,3)22-14-6-4-12(5-7-14)16(20)19-15(10-18)13-8-9-21-11-13/h4-7,13,15H,8-9,11H2,1-3H3,(H,19,20)/t13-,15-/m0/s1. The van der Waals surface area contributed by atoms with Crippen molar-refractivity contribution in [1.82, 2.24) is 5.32 Å². The summed E-state index contributed by atoms with van der Waals surface area (Å²) in [5.41, 5.74) is 0.235. The third kappa shape index (κ3) is 4.47. The molecule has 0 saturated carbocycles. The highest BCUT2D eigenvalue weighted by Crippen LogP contribution is 2.20. The fourth-order valence-electron chi connectivity index (χ4n) is 2.32. The van der Waals surface area contributed by atoms with E-state index >= 15 is 0 Å². The molecule has 0 spiro atoms. The Morgan fingerprint density at radius 3 is 2.59 bits per heavy atom. The Hall–Kier alpha value is -2.06. The van der Waals surface area contributed by atoms with Gasteiger partial charge in [0.1, 0.15) is 17.4 Å². The summed E-state index contributed by atoms with van der Waals surface area (Å²) < 4.78 is 11.0. The van der Waals surface area contributed by atoms with Crippen LogP contribution in [0.5, 0.6) is 5.75 Å². The molecular formula is C17H22N2O3. The predicted molar refractivity (Wildman–Crippen MR) is 82.6 cm³/mol. The minimum atomic E-state index is -0.513. The maximum atomic E-state index is 12.2. The molecule has 118 valence electrons. The van der Waals surface area contributed by atoms with Crippen LogP contribution in [0, 0.1) is 17.2 Å². The van der Waals surface area contributed by atoms with E-state index in [0.717, 1.165) is 6.42 Å². The summed E-state index contributed by atoms with van der Waals surface area (Å²) in [5.74, 6) is 0.531. The maximum absolute atomic E-state index is 12.2. The first-order chi connectivity index (χ1) is 10.4. The fourth-order valence-corrected chi connectivity index (χ4v) is 2.32. The van der Waals surface area contributed by atoms with E-state index in [1.54, 1.807) is 24.3 Å². The first kappa shape index (κ1) is 16.3. The lowest BCUT2D eigenvalue weighted by Gasteiger charge is -2.21. The van der Waals surface area contributed by atoms with Gasteiger partial charge in [-0.3, -0.25) is 4.79 Å². The number of carbonyl (C=O) groups is 1. The van der Waals surface area contributed by atoms with Crippen LogP contribution in [0.1, 0.15) is 37.6 Å². The third-order valence-corrected chi connectivity index (χ3v) is 3.40. The van der Waals surface area contributed by atoms with Crippen molar-refractivity contribution < 1.29 is 14.3 Å². The van der Waals surface area contributed by atoms with Crippen LogP contribution in [-0.4, -0.2) is 30.8 Å². The molecule has 1 amide bonds. The summed E-state index contributed by atoms with van der Waals surface area (Å²) >= 11 is 0. The van der Waals surface area contributed by atoms with Gasteiger partial charge in [-0.05, 0) is 51.5 Å². The predicted octanol–water partition coefficient (Wildman–Crippen LogP) is 2.52. The van der Waals surface area contributed by atoms with E-state index in [4.69, 9.17) is 9.47 Å². The minimum Gasteiger partial charge on any atom is -0.488 e. The molecular weight excluding hydrogens is 280 g/mol. The highest BCUT2D eigenvalue weighted by molar-refractivity contribution is 5.94. The Morgan fingerprint density at radius 2 is 2.09 bits per heavy atom. The second-order valence-corrected chi connectivity index (χ2v) is 6.44. The molecule has 0 unspecified atom stereocenters. The van der Waals surface area contributed by atoms with Gasteiger partial charge in [0.15, 0.2) is 0 Å². The molecule has 2 atom stereocenters. The maximum Gasteiger partial charge on any atom is 0.252 e. The Bertz CT molecular complexity index is 549. The zero-order chi connectivity index (χ0) is 16.2. The first-order valence-electron chi connectivity index (χ1n) is 7.46. The summed E-state index contributed by atoms with van der Waals surface area (Å²) in [6.45, 7) is 7.08. The summed E-state index contributed by atoms with van der Waals surface area (Å²) in [5, 5.41) is 12.0. The molecule has 0 bridgehead atoms. The van der Waals surface area contributed by atoms with Crippen molar-refractivity contribution in [2.75, 3.05) is 13.2 Å². The lowest BCUT2D eigenvalue weighted by Crippen LogP contribution is -2.39. The van der Waals surface area contributed by atoms with Gasteiger partial charge in [0, 0.05) is 18.1 Å². The number of hydrogen-bond donors (Lipinski definition) is 1. The van der Waals surface area contributed by atoms with Crippen molar-refractivity contribution in [2.45, 2.75) is 38.8 Å². The second-order valence-electron chi connectivity index (χ2n) is 6.44. The molecule has 5 heteroatoms. The lowest BCUT2D eigenvalue weighted by molar-refractivity contribution is 0.0931. The van der Waals surface area contributed by atoms with Crippen molar-refractivity contribution in [3.8, 4) is 11.8 Å². The number of ether oxygens (including phenoxy) is 2. The normalized spacial score (nSPS) is 19.3. The summed E-state index contributed by atoms with van der Waals surface area (Å²) in [6.07, 6.45) is 0.802. The van der Waals surface area contributed by atoms with E-state index in [1.807, 2.05) is 20.8 Å². The van der Waals surface area contributed by atoms with Gasteiger partial charge in [0.2, 0.25) is 0 Å². The molecule has 1 N–H and O–H groups in total. The molecule has 5 nitrogen and oxygen atoms in total. The van der Waals surface area contributed by atoms with Gasteiger partial charge in [-0.1, -0.05) is 0 Å². The van der Waals surface area contributed by atoms with Crippen LogP contribution in [-0.2, 0) is 4.74 Å². The third-order valence-electron chi connectivity index (χ3n) is 3.40. The van der Waals surface area contributed by atoms with Crippen LogP contribution in [0.3, 0.4) is 0 Å². The molecule has 0 aromatic heterocycles. The number of nitriles is 1. The largest absolute Gasteiger partial charge is 0.488 e. The van der Waals surface area contributed by atoms with Gasteiger partial charge in [0.05, 0.1) is 12.7 Å². The van der Waals surface area contributed by atoms with Crippen molar-refractivity contribution >= 4 is 5.91 Å². The highest BCUT2D eigenvalue weighted by Gasteiger charge is 2.27. The molecule has 1 aromatic rings. The average Bonchev–Trinajstić information content (AvgIpc) is 2.97. The molecule has 1 aliphatic rings. The SMILES string of the molecule is CC(C)(C)Oc1ccc(C(=O)N[C@@H](C#N)[C@H]2CCOC2)cc1. The van der Waals surface area contributed by atoms with Gasteiger partial charge in [0.25, 0.3) is 5.91 Å². The van der Waals surface area contributed by atoms with E-state index in [1.165, 1.54) is 0 Å². The van der Waals surface area contributed by atoms with Crippen LogP contribution >= 0.6 is 0 Å². The zero-order valence-corrected chi connectivity index (χ0v) is 13.3. The monoisotopic (exact) mass is 302 g/mol. The van der Waals surface area contributed by atoms with E-state index in [0.29, 0.717) is 24.5 Å². The molecule has 2 rings (SSSR count). The molecule has 1 heterocycles. The molecule has 0 radical (unpaired) electrons. The Balaban J connectivity index is 1.98. The molecule has 22 heavy (non-hydrogen) atoms. The minimum absolute atomic E-state index is 0.0671. The van der Waals surface area contributed by atoms with Crippen LogP contribution in [0.25, 0.3) is 0 Å². The Labute approximate surface area is 131 Å². The first-order valence-corrected chi connectivity index (χ1v) is 7.46. The van der Waals surface area contributed by atoms with Gasteiger partial charge in [-0.2, -0.15) is 5.26 Å². The van der Waals surface area contributed by atoms with E-state index in [2.05, 4.69) is 11.4 Å². The summed E-state index contributed by atoms with van der Waals surface area (Å²) in [6, 6.07) is 8.57. The number of benzene rings is 1. The van der Waals surface area contributed by atoms with Gasteiger partial charge in [-0.25, -0.2) is 0 Å². The fraction of sp³-hybridized carbons (Fsp3) is 0.529. The Morgan fingerprint density at radius 1 is 1.41 bits per heavy atom. The average molecular weight is 302 g/mol. The number of rotatable bonds is 4. The van der Waals surface area contributed by atoms with Crippen molar-refractivity contribution in [1.29, 1.82) is 5.26 Å². The number of carbonyl (C=O) groups excluding carboxylic acids is 1. The van der Waals surface area contributed by atoms with Crippen LogP contribution < -0.4 is 10.1 Å². The molecule has 1 saturated heterocycles. The number of amides is 1. The smallest absolute Gasteiger partial charge is 0.252 e. The van der Waals surface area contributed by atoms with Crippen LogP contribution in [0.2, 0.25) is 0 Å². The lowest BCUT2D eigenvalue weighted by atomic mass is 10.00. The number of nitrogens with one attached hydrogen (secondary N) is 1. The molecule has 0 aliphatic carbocycles. The van der Waals surface area contributed by atoms with Gasteiger partial charge >= 0.3 is 0 Å². The van der Waals surface area contributed by atoms with Crippen molar-refractivity contribution in [3.63, 3.8) is 0 Å². The quantitative estimate of drug-likeness (QED) is 0.927. The van der Waals surface area contributed by atoms with Gasteiger partial charge in [-0.15, -0.1) is 0 Å². The van der Waals surface area contributed by atoms with Crippen molar-refractivity contribution in [3.05, 3.63) is 29.8 Å². The second kappa shape index (κ2) is 6.80. The topological polar surface area (TPSA) is 71.3 Å². The molecule has 1 aliphatic heterocycles. The van der Waals surface area contributed by atoms with E-state index < -0.39 is 6.04 Å². The Kier molecular flexibility index (Phi) is 5.04. The zero-order valence-electron chi connectivity index (χ0n) is 13.3. The van der Waals surface area contributed by atoms with Crippen LogP contribution in [0.15, 0.2) is 24.3 Å². The van der Waals surface area contributed by atoms with Crippen molar-refractivity contribution in [2.24, 2.45) is 5.92 Å². The number of hydrogen-bond acceptors (Lipinski definition) is 4. The van der Waals surface area contributed by atoms with Crippen LogP contribution in [0.4, 0.5) is 0 Å². The summed E-state index contributed by atoms with van der Waals surface area (Å²) in [7, 11) is 0. The molecule has 1 aromatic carbocycles. The summed E-state index contributed by atoms with van der Waals surface area (Å²) in [4.78, 5) is 12.2.